The maximum Gasteiger partial charge on any atom is 0.108 e. The molecule has 2 atom stereocenters. The Hall–Kier alpha value is -1.04. The first kappa shape index (κ1) is 12.0. The third kappa shape index (κ3) is 2.13. The molecular weight excluding hydrogens is 230 g/mol. The van der Waals surface area contributed by atoms with Gasteiger partial charge in [-0.3, -0.25) is 14.9 Å². The van der Waals surface area contributed by atoms with E-state index in [9.17, 15) is 0 Å². The van der Waals surface area contributed by atoms with E-state index in [0.29, 0.717) is 0 Å². The number of aromatic nitrogens is 2. The van der Waals surface area contributed by atoms with E-state index in [1.165, 1.54) is 0 Å². The van der Waals surface area contributed by atoms with E-state index in [4.69, 9.17) is 9.47 Å². The summed E-state index contributed by atoms with van der Waals surface area (Å²) >= 11 is 0. The third-order valence-electron chi connectivity index (χ3n) is 3.92. The van der Waals surface area contributed by atoms with E-state index in [2.05, 4.69) is 14.9 Å². The quantitative estimate of drug-likeness (QED) is 0.795. The fourth-order valence-electron chi connectivity index (χ4n) is 3.09. The van der Waals surface area contributed by atoms with Gasteiger partial charge in [-0.2, -0.15) is 0 Å². The molecule has 98 valence electrons. The summed E-state index contributed by atoms with van der Waals surface area (Å²) in [7, 11) is 1.78. The van der Waals surface area contributed by atoms with Gasteiger partial charge in [0.25, 0.3) is 0 Å². The van der Waals surface area contributed by atoms with E-state index in [1.807, 2.05) is 6.20 Å². The van der Waals surface area contributed by atoms with Crippen molar-refractivity contribution in [2.24, 2.45) is 0 Å². The van der Waals surface area contributed by atoms with E-state index < -0.39 is 0 Å². The summed E-state index contributed by atoms with van der Waals surface area (Å²) in [5, 5.41) is 0. The number of methoxy groups -OCH3 is 1. The lowest BCUT2D eigenvalue weighted by Crippen LogP contribution is -2.41. The lowest BCUT2D eigenvalue weighted by molar-refractivity contribution is -0.0756. The summed E-state index contributed by atoms with van der Waals surface area (Å²) < 4.78 is 11.6. The number of rotatable bonds is 3. The van der Waals surface area contributed by atoms with E-state index in [-0.39, 0.29) is 11.7 Å². The Morgan fingerprint density at radius 2 is 2.50 bits per heavy atom. The van der Waals surface area contributed by atoms with Crippen LogP contribution in [0.4, 0.5) is 0 Å². The van der Waals surface area contributed by atoms with Crippen molar-refractivity contribution in [1.29, 1.82) is 0 Å². The molecule has 0 amide bonds. The molecule has 0 bridgehead atoms. The van der Waals surface area contributed by atoms with Gasteiger partial charge in [-0.1, -0.05) is 0 Å². The summed E-state index contributed by atoms with van der Waals surface area (Å²) in [6.45, 7) is 3.52. The summed E-state index contributed by atoms with van der Waals surface area (Å²) in [5.74, 6) is 0. The van der Waals surface area contributed by atoms with Crippen LogP contribution in [0.1, 0.15) is 18.5 Å². The van der Waals surface area contributed by atoms with Crippen molar-refractivity contribution in [2.75, 3.05) is 26.8 Å². The van der Waals surface area contributed by atoms with Gasteiger partial charge < -0.3 is 9.47 Å². The van der Waals surface area contributed by atoms with Crippen molar-refractivity contribution in [3.05, 3.63) is 24.3 Å². The van der Waals surface area contributed by atoms with Crippen LogP contribution in [-0.4, -0.2) is 53.4 Å². The van der Waals surface area contributed by atoms with Crippen LogP contribution in [0.5, 0.6) is 0 Å². The summed E-state index contributed by atoms with van der Waals surface area (Å²) in [4.78, 5) is 10.8. The lowest BCUT2D eigenvalue weighted by Gasteiger charge is -2.28. The second-order valence-electron chi connectivity index (χ2n) is 5.11. The smallest absolute Gasteiger partial charge is 0.108 e. The Labute approximate surface area is 107 Å². The molecule has 0 N–H and O–H groups in total. The van der Waals surface area contributed by atoms with Crippen LogP contribution in [-0.2, 0) is 16.0 Å². The SMILES string of the molecule is CO[C@H]1CN(Cc2cnccn2)C[C@@]12CCCO2. The predicted molar refractivity (Wildman–Crippen MR) is 66.0 cm³/mol. The molecule has 5 heteroatoms. The molecule has 0 radical (unpaired) electrons. The highest BCUT2D eigenvalue weighted by atomic mass is 16.6. The molecule has 0 saturated carbocycles. The largest absolute Gasteiger partial charge is 0.377 e. The highest BCUT2D eigenvalue weighted by molar-refractivity contribution is 5.04. The van der Waals surface area contributed by atoms with Crippen LogP contribution >= 0.6 is 0 Å². The number of hydrogen-bond donors (Lipinski definition) is 0. The first-order chi connectivity index (χ1) is 8.82. The van der Waals surface area contributed by atoms with E-state index in [1.54, 1.807) is 19.5 Å². The molecule has 2 aliphatic rings. The Morgan fingerprint density at radius 3 is 3.17 bits per heavy atom. The minimum absolute atomic E-state index is 0.0864. The lowest BCUT2D eigenvalue weighted by atomic mass is 9.97. The van der Waals surface area contributed by atoms with Crippen molar-refractivity contribution in [1.82, 2.24) is 14.9 Å². The van der Waals surface area contributed by atoms with Crippen LogP contribution < -0.4 is 0 Å². The van der Waals surface area contributed by atoms with Gasteiger partial charge in [0.05, 0.1) is 11.8 Å². The zero-order valence-electron chi connectivity index (χ0n) is 10.7. The highest BCUT2D eigenvalue weighted by Gasteiger charge is 2.49. The van der Waals surface area contributed by atoms with Crippen LogP contribution in [0.2, 0.25) is 0 Å². The van der Waals surface area contributed by atoms with Crippen LogP contribution in [0.15, 0.2) is 18.6 Å². The third-order valence-corrected chi connectivity index (χ3v) is 3.92. The number of nitrogens with zero attached hydrogens (tertiary/aromatic N) is 3. The molecule has 0 aliphatic carbocycles. The van der Waals surface area contributed by atoms with Gasteiger partial charge in [0.15, 0.2) is 0 Å². The summed E-state index contributed by atoms with van der Waals surface area (Å²) in [6.07, 6.45) is 7.68. The Balaban J connectivity index is 1.69. The molecule has 2 aliphatic heterocycles. The van der Waals surface area contributed by atoms with Crippen molar-refractivity contribution in [3.8, 4) is 0 Å². The molecule has 18 heavy (non-hydrogen) atoms. The Morgan fingerprint density at radius 1 is 1.56 bits per heavy atom. The molecule has 3 rings (SSSR count). The molecule has 1 spiro atoms. The number of hydrogen-bond acceptors (Lipinski definition) is 5. The highest BCUT2D eigenvalue weighted by Crippen LogP contribution is 2.37. The first-order valence-electron chi connectivity index (χ1n) is 6.46. The van der Waals surface area contributed by atoms with Gasteiger partial charge in [0.1, 0.15) is 5.60 Å². The molecular formula is C13H19N3O2. The van der Waals surface area contributed by atoms with Gasteiger partial charge in [0.2, 0.25) is 0 Å². The molecule has 2 saturated heterocycles. The maximum atomic E-state index is 5.97. The molecule has 0 unspecified atom stereocenters. The fourth-order valence-corrected chi connectivity index (χ4v) is 3.09. The van der Waals surface area contributed by atoms with Crippen LogP contribution in [0.3, 0.4) is 0 Å². The van der Waals surface area contributed by atoms with Crippen LogP contribution in [0.25, 0.3) is 0 Å². The summed E-state index contributed by atoms with van der Waals surface area (Å²) in [6, 6.07) is 0. The molecule has 0 aromatic carbocycles. The first-order valence-corrected chi connectivity index (χ1v) is 6.46. The normalized spacial score (nSPS) is 32.4. The van der Waals surface area contributed by atoms with Crippen molar-refractivity contribution >= 4 is 0 Å². The van der Waals surface area contributed by atoms with Crippen molar-refractivity contribution < 1.29 is 9.47 Å². The summed E-state index contributed by atoms with van der Waals surface area (Å²) in [5.41, 5.74) is 0.916. The van der Waals surface area contributed by atoms with Gasteiger partial charge >= 0.3 is 0 Å². The minimum atomic E-state index is -0.0864. The monoisotopic (exact) mass is 249 g/mol. The van der Waals surface area contributed by atoms with Crippen molar-refractivity contribution in [3.63, 3.8) is 0 Å². The number of likely N-dealkylation sites (tertiary alicyclic amines) is 1. The maximum absolute atomic E-state index is 5.97. The van der Waals surface area contributed by atoms with Gasteiger partial charge in [-0.15, -0.1) is 0 Å². The Bertz CT molecular complexity index is 392. The van der Waals surface area contributed by atoms with Gasteiger partial charge in [0, 0.05) is 51.9 Å². The van der Waals surface area contributed by atoms with Crippen molar-refractivity contribution in [2.45, 2.75) is 31.1 Å². The second kappa shape index (κ2) is 4.91. The van der Waals surface area contributed by atoms with Gasteiger partial charge in [-0.25, -0.2) is 0 Å². The van der Waals surface area contributed by atoms with Gasteiger partial charge in [-0.05, 0) is 12.8 Å². The topological polar surface area (TPSA) is 47.5 Å². The molecule has 3 heterocycles. The minimum Gasteiger partial charge on any atom is -0.377 e. The zero-order chi connectivity index (χ0) is 12.4. The molecule has 1 aromatic rings. The standard InChI is InChI=1S/C13H19N3O2/c1-17-12-9-16(8-11-7-14-4-5-15-11)10-13(12)3-2-6-18-13/h4-5,7,12H,2-3,6,8-10H2,1H3/t12-,13-/m0/s1. The molecule has 1 aromatic heterocycles. The fraction of sp³-hybridized carbons (Fsp3) is 0.692. The molecule has 2 fully saturated rings. The predicted octanol–water partition coefficient (Wildman–Crippen LogP) is 0.856. The van der Waals surface area contributed by atoms with E-state index in [0.717, 1.165) is 44.8 Å². The Kier molecular flexibility index (Phi) is 3.28. The second-order valence-corrected chi connectivity index (χ2v) is 5.11. The number of ether oxygens (including phenoxy) is 2. The average molecular weight is 249 g/mol. The van der Waals surface area contributed by atoms with E-state index >= 15 is 0 Å². The molecule has 5 nitrogen and oxygen atoms in total. The van der Waals surface area contributed by atoms with Crippen LogP contribution in [0, 0.1) is 0 Å². The zero-order valence-corrected chi connectivity index (χ0v) is 10.7. The average Bonchev–Trinajstić information content (AvgIpc) is 2.99.